The topological polar surface area (TPSA) is 70.0 Å². The third-order valence-corrected chi connectivity index (χ3v) is 3.53. The number of carboxylic acid groups (broad SMARTS) is 1. The van der Waals surface area contributed by atoms with E-state index in [1.54, 1.807) is 25.1 Å². The van der Waals surface area contributed by atoms with Gasteiger partial charge in [0.25, 0.3) is 5.91 Å². The molecule has 0 radical (unpaired) electrons. The van der Waals surface area contributed by atoms with Gasteiger partial charge >= 0.3 is 5.97 Å². The van der Waals surface area contributed by atoms with Crippen molar-refractivity contribution in [1.29, 1.82) is 0 Å². The molecule has 1 N–H and O–H groups in total. The van der Waals surface area contributed by atoms with Crippen LogP contribution in [0.25, 0.3) is 6.08 Å². The van der Waals surface area contributed by atoms with E-state index in [0.717, 1.165) is 5.56 Å². The van der Waals surface area contributed by atoms with Crippen molar-refractivity contribution < 1.29 is 14.7 Å². The molecule has 0 saturated carbocycles. The van der Waals surface area contributed by atoms with E-state index in [1.807, 2.05) is 30.3 Å². The fourth-order valence-corrected chi connectivity index (χ4v) is 2.32. The highest BCUT2D eigenvalue weighted by Gasteiger charge is 2.28. The average molecular weight is 306 g/mol. The number of nitrogens with zero attached hydrogens (tertiary/aromatic N) is 2. The molecule has 0 atom stereocenters. The SMILES string of the molecule is CC1=NN(c2ccc(C(=O)O)cc2)C(=O)/C1=C\c1ccccc1. The zero-order valence-electron chi connectivity index (χ0n) is 12.4. The highest BCUT2D eigenvalue weighted by atomic mass is 16.4. The first kappa shape index (κ1) is 14.7. The summed E-state index contributed by atoms with van der Waals surface area (Å²) in [6, 6.07) is 15.6. The van der Waals surface area contributed by atoms with E-state index >= 15 is 0 Å². The van der Waals surface area contributed by atoms with Crippen LogP contribution in [0.4, 0.5) is 5.69 Å². The number of hydrogen-bond donors (Lipinski definition) is 1. The normalized spacial score (nSPS) is 15.9. The van der Waals surface area contributed by atoms with Crippen LogP contribution >= 0.6 is 0 Å². The molecule has 0 bridgehead atoms. The molecule has 0 aliphatic carbocycles. The van der Waals surface area contributed by atoms with Gasteiger partial charge < -0.3 is 5.11 Å². The monoisotopic (exact) mass is 306 g/mol. The standard InChI is InChI=1S/C18H14N2O3/c1-12-16(11-13-5-3-2-4-6-13)17(21)20(19-12)15-9-7-14(8-10-15)18(22)23/h2-11H,1H3,(H,22,23)/b16-11-. The molecule has 3 rings (SSSR count). The maximum atomic E-state index is 12.6. The van der Waals surface area contributed by atoms with Gasteiger partial charge in [0.15, 0.2) is 0 Å². The first-order valence-corrected chi connectivity index (χ1v) is 7.06. The predicted molar refractivity (Wildman–Crippen MR) is 88.4 cm³/mol. The van der Waals surface area contributed by atoms with Gasteiger partial charge in [-0.05, 0) is 42.8 Å². The molecule has 5 heteroatoms. The second kappa shape index (κ2) is 5.88. The van der Waals surface area contributed by atoms with E-state index in [0.29, 0.717) is 17.0 Å². The molecule has 0 saturated heterocycles. The smallest absolute Gasteiger partial charge is 0.335 e. The van der Waals surface area contributed by atoms with Crippen molar-refractivity contribution in [2.45, 2.75) is 6.92 Å². The van der Waals surface area contributed by atoms with Gasteiger partial charge in [0, 0.05) is 0 Å². The van der Waals surface area contributed by atoms with Crippen LogP contribution in [0.15, 0.2) is 65.3 Å². The maximum absolute atomic E-state index is 12.6. The molecule has 0 aromatic heterocycles. The van der Waals surface area contributed by atoms with E-state index in [2.05, 4.69) is 5.10 Å². The third kappa shape index (κ3) is 2.89. The first-order chi connectivity index (χ1) is 11.1. The molecule has 0 spiro atoms. The quantitative estimate of drug-likeness (QED) is 0.885. The van der Waals surface area contributed by atoms with E-state index in [4.69, 9.17) is 5.11 Å². The fraction of sp³-hybridized carbons (Fsp3) is 0.0556. The highest BCUT2D eigenvalue weighted by molar-refractivity contribution is 6.32. The third-order valence-electron chi connectivity index (χ3n) is 3.53. The number of carbonyl (C=O) groups excluding carboxylic acids is 1. The molecule has 1 amide bonds. The van der Waals surface area contributed by atoms with E-state index in [-0.39, 0.29) is 11.5 Å². The Morgan fingerprint density at radius 2 is 1.74 bits per heavy atom. The van der Waals surface area contributed by atoms with Crippen LogP contribution in [-0.2, 0) is 4.79 Å². The van der Waals surface area contributed by atoms with Crippen molar-refractivity contribution in [2.24, 2.45) is 5.10 Å². The summed E-state index contributed by atoms with van der Waals surface area (Å²) in [6.45, 7) is 1.78. The minimum atomic E-state index is -1.01. The van der Waals surface area contributed by atoms with Crippen molar-refractivity contribution in [3.8, 4) is 0 Å². The Balaban J connectivity index is 1.91. The molecular weight excluding hydrogens is 292 g/mol. The van der Waals surface area contributed by atoms with Gasteiger partial charge in [0.1, 0.15) is 0 Å². The number of hydrogen-bond acceptors (Lipinski definition) is 3. The summed E-state index contributed by atoms with van der Waals surface area (Å²) < 4.78 is 0. The molecule has 1 aliphatic heterocycles. The fourth-order valence-electron chi connectivity index (χ4n) is 2.32. The lowest BCUT2D eigenvalue weighted by Crippen LogP contribution is -2.21. The summed E-state index contributed by atoms with van der Waals surface area (Å²) in [6.07, 6.45) is 1.80. The van der Waals surface area contributed by atoms with Gasteiger partial charge in [-0.25, -0.2) is 4.79 Å². The summed E-state index contributed by atoms with van der Waals surface area (Å²) >= 11 is 0. The van der Waals surface area contributed by atoms with E-state index in [9.17, 15) is 9.59 Å². The molecule has 1 heterocycles. The van der Waals surface area contributed by atoms with Gasteiger partial charge in [0.05, 0.1) is 22.5 Å². The second-order valence-electron chi connectivity index (χ2n) is 5.12. The lowest BCUT2D eigenvalue weighted by Gasteiger charge is -2.11. The predicted octanol–water partition coefficient (Wildman–Crippen LogP) is 3.19. The molecule has 0 unspecified atom stereocenters. The Morgan fingerprint density at radius 1 is 1.09 bits per heavy atom. The second-order valence-corrected chi connectivity index (χ2v) is 5.12. The van der Waals surface area contributed by atoms with Gasteiger partial charge in [-0.3, -0.25) is 4.79 Å². The van der Waals surface area contributed by atoms with Crippen molar-refractivity contribution in [2.75, 3.05) is 5.01 Å². The molecule has 5 nitrogen and oxygen atoms in total. The van der Waals surface area contributed by atoms with Crippen LogP contribution in [0.1, 0.15) is 22.8 Å². The van der Waals surface area contributed by atoms with Crippen molar-refractivity contribution in [1.82, 2.24) is 0 Å². The summed E-state index contributed by atoms with van der Waals surface area (Å²) in [4.78, 5) is 23.5. The van der Waals surface area contributed by atoms with Crippen LogP contribution in [-0.4, -0.2) is 22.7 Å². The number of hydrazone groups is 1. The number of carbonyl (C=O) groups is 2. The first-order valence-electron chi connectivity index (χ1n) is 7.06. The van der Waals surface area contributed by atoms with E-state index < -0.39 is 5.97 Å². The van der Waals surface area contributed by atoms with Crippen molar-refractivity contribution in [3.63, 3.8) is 0 Å². The number of aromatic carboxylic acids is 1. The van der Waals surface area contributed by atoms with Crippen LogP contribution in [0.2, 0.25) is 0 Å². The van der Waals surface area contributed by atoms with Crippen molar-refractivity contribution in [3.05, 3.63) is 71.3 Å². The summed E-state index contributed by atoms with van der Waals surface area (Å²) in [5.41, 5.74) is 2.78. The van der Waals surface area contributed by atoms with Gasteiger partial charge in [0.2, 0.25) is 0 Å². The number of anilines is 1. The number of benzene rings is 2. The van der Waals surface area contributed by atoms with Gasteiger partial charge in [-0.2, -0.15) is 10.1 Å². The highest BCUT2D eigenvalue weighted by Crippen LogP contribution is 2.25. The number of rotatable bonds is 3. The van der Waals surface area contributed by atoms with Gasteiger partial charge in [-0.15, -0.1) is 0 Å². The Labute approximate surface area is 133 Å². The molecule has 2 aromatic rings. The molecular formula is C18H14N2O3. The van der Waals surface area contributed by atoms with Gasteiger partial charge in [-0.1, -0.05) is 30.3 Å². The Morgan fingerprint density at radius 3 is 2.35 bits per heavy atom. The van der Waals surface area contributed by atoms with Crippen LogP contribution in [0, 0.1) is 0 Å². The summed E-state index contributed by atoms with van der Waals surface area (Å²) in [7, 11) is 0. The summed E-state index contributed by atoms with van der Waals surface area (Å²) in [5, 5.41) is 14.5. The lowest BCUT2D eigenvalue weighted by molar-refractivity contribution is -0.114. The molecule has 1 aliphatic rings. The minimum absolute atomic E-state index is 0.168. The van der Waals surface area contributed by atoms with E-state index in [1.165, 1.54) is 17.1 Å². The Bertz CT molecular complexity index is 821. The zero-order valence-corrected chi connectivity index (χ0v) is 12.4. The van der Waals surface area contributed by atoms with Crippen LogP contribution in [0.5, 0.6) is 0 Å². The van der Waals surface area contributed by atoms with Crippen molar-refractivity contribution >= 4 is 29.4 Å². The lowest BCUT2D eigenvalue weighted by atomic mass is 10.1. The average Bonchev–Trinajstić information content (AvgIpc) is 2.84. The maximum Gasteiger partial charge on any atom is 0.335 e. The molecule has 2 aromatic carbocycles. The van der Waals surface area contributed by atoms with Crippen LogP contribution in [0.3, 0.4) is 0 Å². The summed E-state index contributed by atoms with van der Waals surface area (Å²) in [5.74, 6) is -1.23. The number of amides is 1. The minimum Gasteiger partial charge on any atom is -0.478 e. The molecule has 0 fully saturated rings. The Hall–Kier alpha value is -3.21. The molecule has 114 valence electrons. The largest absolute Gasteiger partial charge is 0.478 e. The van der Waals surface area contributed by atoms with Crippen LogP contribution < -0.4 is 5.01 Å². The molecule has 23 heavy (non-hydrogen) atoms. The number of carboxylic acids is 1. The zero-order chi connectivity index (χ0) is 16.4. The Kier molecular flexibility index (Phi) is 3.76.